The highest BCUT2D eigenvalue weighted by Crippen LogP contribution is 2.20. The lowest BCUT2D eigenvalue weighted by Gasteiger charge is -2.10. The molecule has 0 aliphatic rings. The molecule has 0 atom stereocenters. The van der Waals surface area contributed by atoms with Gasteiger partial charge in [0.25, 0.3) is 5.91 Å². The molecule has 0 unspecified atom stereocenters. The maximum absolute atomic E-state index is 12.3. The Balaban J connectivity index is 2.30. The fraction of sp³-hybridized carbons (Fsp3) is 0.154. The summed E-state index contributed by atoms with van der Waals surface area (Å²) in [4.78, 5) is 20.5. The van der Waals surface area contributed by atoms with Crippen LogP contribution in [0.2, 0.25) is 0 Å². The van der Waals surface area contributed by atoms with Gasteiger partial charge in [0, 0.05) is 23.9 Å². The Morgan fingerprint density at radius 2 is 2.16 bits per heavy atom. The molecule has 5 nitrogen and oxygen atoms in total. The predicted molar refractivity (Wildman–Crippen MR) is 78.4 cm³/mol. The summed E-state index contributed by atoms with van der Waals surface area (Å²) in [5.41, 5.74) is 1.93. The summed E-state index contributed by atoms with van der Waals surface area (Å²) in [5, 5.41) is 5.72. The molecule has 2 heterocycles. The number of carbonyl (C=O) groups excluding carboxylic acids is 1. The quantitative estimate of drug-likeness (QED) is 0.912. The van der Waals surface area contributed by atoms with Crippen LogP contribution in [0, 0.1) is 6.92 Å². The number of hydrogen-bond donors (Lipinski definition) is 2. The number of hydrogen-bond acceptors (Lipinski definition) is 4. The normalized spacial score (nSPS) is 10.1. The van der Waals surface area contributed by atoms with Crippen LogP contribution in [0.25, 0.3) is 0 Å². The van der Waals surface area contributed by atoms with Crippen molar-refractivity contribution in [2.45, 2.75) is 6.92 Å². The van der Waals surface area contributed by atoms with E-state index in [1.807, 2.05) is 13.0 Å². The van der Waals surface area contributed by atoms with Crippen molar-refractivity contribution in [3.8, 4) is 0 Å². The van der Waals surface area contributed by atoms with E-state index in [-0.39, 0.29) is 5.91 Å². The van der Waals surface area contributed by atoms with Crippen LogP contribution >= 0.6 is 15.9 Å². The van der Waals surface area contributed by atoms with Gasteiger partial charge in [-0.3, -0.25) is 9.78 Å². The first-order chi connectivity index (χ1) is 9.11. The van der Waals surface area contributed by atoms with Gasteiger partial charge >= 0.3 is 0 Å². The van der Waals surface area contributed by atoms with E-state index in [0.29, 0.717) is 17.1 Å². The zero-order valence-electron chi connectivity index (χ0n) is 10.6. The van der Waals surface area contributed by atoms with E-state index < -0.39 is 0 Å². The largest absolute Gasteiger partial charge is 0.372 e. The van der Waals surface area contributed by atoms with E-state index in [0.717, 1.165) is 10.2 Å². The summed E-state index contributed by atoms with van der Waals surface area (Å²) >= 11 is 3.31. The van der Waals surface area contributed by atoms with Gasteiger partial charge in [-0.25, -0.2) is 4.98 Å². The van der Waals surface area contributed by atoms with Crippen molar-refractivity contribution in [1.29, 1.82) is 0 Å². The second-order valence-electron chi connectivity index (χ2n) is 3.89. The Morgan fingerprint density at radius 1 is 1.37 bits per heavy atom. The topological polar surface area (TPSA) is 66.9 Å². The first-order valence-electron chi connectivity index (χ1n) is 5.68. The zero-order chi connectivity index (χ0) is 13.8. The first kappa shape index (κ1) is 13.5. The highest BCUT2D eigenvalue weighted by atomic mass is 79.9. The van der Waals surface area contributed by atoms with Crippen LogP contribution in [0.4, 0.5) is 11.5 Å². The molecule has 0 radical (unpaired) electrons. The molecule has 2 rings (SSSR count). The number of nitrogens with zero attached hydrogens (tertiary/aromatic N) is 2. The molecule has 0 aromatic carbocycles. The van der Waals surface area contributed by atoms with Crippen molar-refractivity contribution in [3.05, 3.63) is 46.3 Å². The van der Waals surface area contributed by atoms with E-state index in [1.165, 1.54) is 0 Å². The summed E-state index contributed by atoms with van der Waals surface area (Å²) in [6.07, 6.45) is 3.32. The summed E-state index contributed by atoms with van der Waals surface area (Å²) in [6.45, 7) is 1.84. The van der Waals surface area contributed by atoms with Crippen molar-refractivity contribution in [3.63, 3.8) is 0 Å². The Hall–Kier alpha value is -1.95. The average Bonchev–Trinajstić information content (AvgIpc) is 2.41. The Morgan fingerprint density at radius 3 is 2.84 bits per heavy atom. The molecule has 0 aliphatic heterocycles. The fourth-order valence-corrected chi connectivity index (χ4v) is 1.95. The van der Waals surface area contributed by atoms with Crippen LogP contribution in [0.5, 0.6) is 0 Å². The summed E-state index contributed by atoms with van der Waals surface area (Å²) in [7, 11) is 1.72. The number of aromatic nitrogens is 2. The molecule has 0 saturated heterocycles. The Labute approximate surface area is 119 Å². The van der Waals surface area contributed by atoms with E-state index in [4.69, 9.17) is 0 Å². The number of pyridine rings is 2. The SMILES string of the molecule is CNc1ncc(Br)cc1C(=O)Nc1cccnc1C. The van der Waals surface area contributed by atoms with Gasteiger partial charge < -0.3 is 10.6 Å². The minimum absolute atomic E-state index is 0.228. The molecule has 2 aromatic rings. The highest BCUT2D eigenvalue weighted by Gasteiger charge is 2.13. The molecule has 2 aromatic heterocycles. The summed E-state index contributed by atoms with van der Waals surface area (Å²) in [5.74, 6) is 0.302. The minimum atomic E-state index is -0.228. The second kappa shape index (κ2) is 5.79. The van der Waals surface area contributed by atoms with Crippen molar-refractivity contribution < 1.29 is 4.79 Å². The number of nitrogens with one attached hydrogen (secondary N) is 2. The standard InChI is InChI=1S/C13H13BrN4O/c1-8-11(4-3-5-16-8)18-13(19)10-6-9(14)7-17-12(10)15-2/h3-7H,1-2H3,(H,15,17)(H,18,19). The van der Waals surface area contributed by atoms with Gasteiger partial charge in [-0.1, -0.05) is 0 Å². The first-order valence-corrected chi connectivity index (χ1v) is 6.47. The van der Waals surface area contributed by atoms with Gasteiger partial charge in [-0.15, -0.1) is 0 Å². The van der Waals surface area contributed by atoms with Gasteiger partial charge in [-0.2, -0.15) is 0 Å². The second-order valence-corrected chi connectivity index (χ2v) is 4.81. The van der Waals surface area contributed by atoms with Crippen LogP contribution in [0.15, 0.2) is 35.1 Å². The molecule has 0 aliphatic carbocycles. The third kappa shape index (κ3) is 3.08. The Bertz CT molecular complexity index is 615. The molecule has 0 spiro atoms. The van der Waals surface area contributed by atoms with Crippen LogP contribution < -0.4 is 10.6 Å². The van der Waals surface area contributed by atoms with Gasteiger partial charge in [0.1, 0.15) is 5.82 Å². The van der Waals surface area contributed by atoms with Gasteiger partial charge in [0.05, 0.1) is 16.9 Å². The number of aryl methyl sites for hydroxylation is 1. The molecule has 0 bridgehead atoms. The lowest BCUT2D eigenvalue weighted by atomic mass is 10.2. The Kier molecular flexibility index (Phi) is 4.11. The average molecular weight is 321 g/mol. The highest BCUT2D eigenvalue weighted by molar-refractivity contribution is 9.10. The molecule has 0 saturated carbocycles. The van der Waals surface area contributed by atoms with E-state index >= 15 is 0 Å². The lowest BCUT2D eigenvalue weighted by Crippen LogP contribution is -2.15. The lowest BCUT2D eigenvalue weighted by molar-refractivity contribution is 0.102. The molecule has 2 N–H and O–H groups in total. The van der Waals surface area contributed by atoms with Crippen molar-refractivity contribution in [2.24, 2.45) is 0 Å². The summed E-state index contributed by atoms with van der Waals surface area (Å²) in [6, 6.07) is 5.31. The molecule has 19 heavy (non-hydrogen) atoms. The number of halogens is 1. The van der Waals surface area contributed by atoms with Gasteiger partial charge in [0.15, 0.2) is 0 Å². The molecular weight excluding hydrogens is 308 g/mol. The molecule has 0 fully saturated rings. The molecular formula is C13H13BrN4O. The summed E-state index contributed by atoms with van der Waals surface area (Å²) < 4.78 is 0.750. The molecule has 98 valence electrons. The van der Waals surface area contributed by atoms with Gasteiger partial charge in [0.2, 0.25) is 0 Å². The third-order valence-corrected chi connectivity index (χ3v) is 3.02. The maximum Gasteiger partial charge on any atom is 0.259 e. The van der Waals surface area contributed by atoms with Crippen LogP contribution in [-0.2, 0) is 0 Å². The monoisotopic (exact) mass is 320 g/mol. The number of rotatable bonds is 3. The van der Waals surface area contributed by atoms with Crippen molar-refractivity contribution in [1.82, 2.24) is 9.97 Å². The van der Waals surface area contributed by atoms with Crippen LogP contribution in [0.3, 0.4) is 0 Å². The fourth-order valence-electron chi connectivity index (χ4n) is 1.62. The maximum atomic E-state index is 12.3. The number of anilines is 2. The van der Waals surface area contributed by atoms with E-state index in [9.17, 15) is 4.79 Å². The van der Waals surface area contributed by atoms with E-state index in [2.05, 4.69) is 36.5 Å². The molecule has 1 amide bonds. The van der Waals surface area contributed by atoms with E-state index in [1.54, 1.807) is 31.6 Å². The van der Waals surface area contributed by atoms with Crippen LogP contribution in [0.1, 0.15) is 16.1 Å². The smallest absolute Gasteiger partial charge is 0.259 e. The minimum Gasteiger partial charge on any atom is -0.372 e. The van der Waals surface area contributed by atoms with Crippen molar-refractivity contribution in [2.75, 3.05) is 17.7 Å². The molecule has 6 heteroatoms. The number of amides is 1. The van der Waals surface area contributed by atoms with Crippen molar-refractivity contribution >= 4 is 33.3 Å². The van der Waals surface area contributed by atoms with Crippen LogP contribution in [-0.4, -0.2) is 22.9 Å². The van der Waals surface area contributed by atoms with Gasteiger partial charge in [-0.05, 0) is 41.1 Å². The zero-order valence-corrected chi connectivity index (χ0v) is 12.2. The predicted octanol–water partition coefficient (Wildman–Crippen LogP) is 2.84. The number of carbonyl (C=O) groups is 1. The third-order valence-electron chi connectivity index (χ3n) is 2.59.